The second kappa shape index (κ2) is 5.16. The number of rotatable bonds is 4. The molecular formula is C10H12ClNO4. The number of aliphatic carboxylic acids is 1. The minimum atomic E-state index is -1.38. The van der Waals surface area contributed by atoms with Gasteiger partial charge >= 0.3 is 5.97 Å². The third-order valence-electron chi connectivity index (χ3n) is 2.11. The minimum Gasteiger partial charge on any atom is -0.481 e. The molecule has 88 valence electrons. The maximum absolute atomic E-state index is 10.3. The van der Waals surface area contributed by atoms with Gasteiger partial charge in [-0.25, -0.2) is 0 Å². The Bertz CT molecular complexity index is 396. The fraction of sp³-hybridized carbons (Fsp3) is 0.300. The van der Waals surface area contributed by atoms with Crippen LogP contribution in [0, 0.1) is 0 Å². The second-order valence-electron chi connectivity index (χ2n) is 3.39. The molecule has 0 saturated carbocycles. The number of anilines is 1. The van der Waals surface area contributed by atoms with Crippen molar-refractivity contribution in [2.75, 3.05) is 5.73 Å². The van der Waals surface area contributed by atoms with E-state index in [2.05, 4.69) is 0 Å². The van der Waals surface area contributed by atoms with E-state index in [-0.39, 0.29) is 5.69 Å². The molecule has 0 bridgehead atoms. The predicted molar refractivity (Wildman–Crippen MR) is 59.1 cm³/mol. The van der Waals surface area contributed by atoms with Gasteiger partial charge in [0, 0.05) is 0 Å². The quantitative estimate of drug-likeness (QED) is 0.587. The van der Waals surface area contributed by atoms with Gasteiger partial charge in [-0.2, -0.15) is 0 Å². The van der Waals surface area contributed by atoms with Crippen molar-refractivity contribution in [3.8, 4) is 0 Å². The van der Waals surface area contributed by atoms with Gasteiger partial charge in [0.1, 0.15) is 6.10 Å². The van der Waals surface area contributed by atoms with E-state index in [1.165, 1.54) is 18.2 Å². The maximum atomic E-state index is 10.3. The van der Waals surface area contributed by atoms with Crippen molar-refractivity contribution in [3.05, 3.63) is 28.8 Å². The molecule has 0 aliphatic rings. The zero-order valence-electron chi connectivity index (χ0n) is 8.30. The average molecular weight is 246 g/mol. The van der Waals surface area contributed by atoms with Crippen LogP contribution in [0.1, 0.15) is 18.1 Å². The molecule has 16 heavy (non-hydrogen) atoms. The van der Waals surface area contributed by atoms with Crippen LogP contribution in [0.5, 0.6) is 0 Å². The van der Waals surface area contributed by atoms with E-state index in [4.69, 9.17) is 22.4 Å². The number of carbonyl (C=O) groups is 1. The molecule has 0 aliphatic carbocycles. The lowest BCUT2D eigenvalue weighted by Gasteiger charge is -2.17. The van der Waals surface area contributed by atoms with Gasteiger partial charge in [-0.1, -0.05) is 17.7 Å². The smallest absolute Gasteiger partial charge is 0.306 e. The lowest BCUT2D eigenvalue weighted by atomic mass is 10.0. The van der Waals surface area contributed by atoms with Crippen LogP contribution in [0.3, 0.4) is 0 Å². The summed E-state index contributed by atoms with van der Waals surface area (Å²) >= 11 is 5.69. The van der Waals surface area contributed by atoms with Crippen LogP contribution in [0.25, 0.3) is 0 Å². The first-order valence-electron chi connectivity index (χ1n) is 4.54. The third kappa shape index (κ3) is 3.10. The second-order valence-corrected chi connectivity index (χ2v) is 3.80. The van der Waals surface area contributed by atoms with E-state index in [1.807, 2.05) is 0 Å². The Morgan fingerprint density at radius 2 is 2.06 bits per heavy atom. The highest BCUT2D eigenvalue weighted by Crippen LogP contribution is 2.25. The van der Waals surface area contributed by atoms with Crippen LogP contribution in [0.4, 0.5) is 5.69 Å². The number of hydrogen-bond acceptors (Lipinski definition) is 4. The summed E-state index contributed by atoms with van der Waals surface area (Å²) in [5, 5.41) is 27.8. The Balaban J connectivity index is 2.83. The third-order valence-corrected chi connectivity index (χ3v) is 2.45. The Morgan fingerprint density at radius 3 is 2.56 bits per heavy atom. The SMILES string of the molecule is Nc1cc(C(O)C(O)CC(=O)O)ccc1Cl. The van der Waals surface area contributed by atoms with E-state index in [1.54, 1.807) is 0 Å². The van der Waals surface area contributed by atoms with E-state index in [0.717, 1.165) is 0 Å². The molecule has 5 nitrogen and oxygen atoms in total. The van der Waals surface area contributed by atoms with Crippen molar-refractivity contribution in [2.24, 2.45) is 0 Å². The van der Waals surface area contributed by atoms with Crippen LogP contribution >= 0.6 is 11.6 Å². The standard InChI is InChI=1S/C10H12ClNO4/c11-6-2-1-5(3-7(6)12)10(16)8(13)4-9(14)15/h1-3,8,10,13,16H,4,12H2,(H,14,15). The fourth-order valence-electron chi connectivity index (χ4n) is 1.26. The van der Waals surface area contributed by atoms with Crippen molar-refractivity contribution >= 4 is 23.3 Å². The minimum absolute atomic E-state index is 0.265. The first kappa shape index (κ1) is 12.8. The first-order chi connectivity index (χ1) is 7.41. The fourth-order valence-corrected chi connectivity index (χ4v) is 1.38. The number of carboxylic acids is 1. The lowest BCUT2D eigenvalue weighted by Crippen LogP contribution is -2.21. The van der Waals surface area contributed by atoms with Crippen LogP contribution in [0.2, 0.25) is 5.02 Å². The van der Waals surface area contributed by atoms with Crippen LogP contribution in [-0.4, -0.2) is 27.4 Å². The van der Waals surface area contributed by atoms with Gasteiger partial charge in [-0.15, -0.1) is 0 Å². The lowest BCUT2D eigenvalue weighted by molar-refractivity contribution is -0.141. The van der Waals surface area contributed by atoms with E-state index in [9.17, 15) is 15.0 Å². The molecule has 6 heteroatoms. The van der Waals surface area contributed by atoms with Crippen molar-refractivity contribution in [1.82, 2.24) is 0 Å². The van der Waals surface area contributed by atoms with Crippen molar-refractivity contribution in [1.29, 1.82) is 0 Å². The van der Waals surface area contributed by atoms with Gasteiger partial charge in [-0.05, 0) is 17.7 Å². The van der Waals surface area contributed by atoms with E-state index < -0.39 is 24.6 Å². The number of aliphatic hydroxyl groups excluding tert-OH is 2. The van der Waals surface area contributed by atoms with Gasteiger partial charge in [-0.3, -0.25) is 4.79 Å². The van der Waals surface area contributed by atoms with Crippen LogP contribution in [-0.2, 0) is 4.79 Å². The van der Waals surface area contributed by atoms with Gasteiger partial charge in [0.2, 0.25) is 0 Å². The topological polar surface area (TPSA) is 104 Å². The highest BCUT2D eigenvalue weighted by atomic mass is 35.5. The number of benzene rings is 1. The molecule has 0 saturated heterocycles. The van der Waals surface area contributed by atoms with E-state index >= 15 is 0 Å². The Morgan fingerprint density at radius 1 is 1.44 bits per heavy atom. The summed E-state index contributed by atoms with van der Waals surface area (Å²) in [4.78, 5) is 10.3. The van der Waals surface area contributed by atoms with Gasteiger partial charge < -0.3 is 21.1 Å². The zero-order chi connectivity index (χ0) is 12.3. The summed E-state index contributed by atoms with van der Waals surface area (Å²) in [7, 11) is 0. The molecule has 0 radical (unpaired) electrons. The van der Waals surface area contributed by atoms with Crippen LogP contribution < -0.4 is 5.73 Å². The number of halogens is 1. The average Bonchev–Trinajstić information content (AvgIpc) is 2.20. The van der Waals surface area contributed by atoms with Gasteiger partial charge in [0.15, 0.2) is 0 Å². The molecule has 1 aromatic carbocycles. The van der Waals surface area contributed by atoms with Crippen molar-refractivity contribution < 1.29 is 20.1 Å². The van der Waals surface area contributed by atoms with Gasteiger partial charge in [0.25, 0.3) is 0 Å². The number of aliphatic hydroxyl groups is 2. The Hall–Kier alpha value is -1.30. The molecule has 0 heterocycles. The number of carboxylic acid groups (broad SMARTS) is 1. The summed E-state index contributed by atoms with van der Waals surface area (Å²) in [6.07, 6.45) is -3.21. The number of nitrogen functional groups attached to an aromatic ring is 1. The molecule has 5 N–H and O–H groups in total. The molecule has 1 rings (SSSR count). The Kier molecular flexibility index (Phi) is 4.12. The summed E-state index contributed by atoms with van der Waals surface area (Å²) in [5.74, 6) is -1.19. The normalized spacial score (nSPS) is 14.4. The van der Waals surface area contributed by atoms with Crippen molar-refractivity contribution in [3.63, 3.8) is 0 Å². The molecule has 0 aliphatic heterocycles. The zero-order valence-corrected chi connectivity index (χ0v) is 9.05. The molecule has 0 amide bonds. The molecular weight excluding hydrogens is 234 g/mol. The molecule has 2 unspecified atom stereocenters. The largest absolute Gasteiger partial charge is 0.481 e. The summed E-state index contributed by atoms with van der Waals surface area (Å²) < 4.78 is 0. The monoisotopic (exact) mass is 245 g/mol. The summed E-state index contributed by atoms with van der Waals surface area (Å²) in [6.45, 7) is 0. The predicted octanol–water partition coefficient (Wildman–Crippen LogP) is 0.791. The van der Waals surface area contributed by atoms with E-state index in [0.29, 0.717) is 10.6 Å². The molecule has 0 spiro atoms. The maximum Gasteiger partial charge on any atom is 0.306 e. The highest BCUT2D eigenvalue weighted by molar-refractivity contribution is 6.33. The molecule has 0 fully saturated rings. The summed E-state index contributed by atoms with van der Waals surface area (Å²) in [5.41, 5.74) is 6.11. The van der Waals surface area contributed by atoms with Gasteiger partial charge in [0.05, 0.1) is 23.2 Å². The van der Waals surface area contributed by atoms with Crippen molar-refractivity contribution in [2.45, 2.75) is 18.6 Å². The molecule has 0 aromatic heterocycles. The number of hydrogen-bond donors (Lipinski definition) is 4. The highest BCUT2D eigenvalue weighted by Gasteiger charge is 2.21. The molecule has 2 atom stereocenters. The number of nitrogens with two attached hydrogens (primary N) is 1. The van der Waals surface area contributed by atoms with Crippen LogP contribution in [0.15, 0.2) is 18.2 Å². The Labute approximate surface area is 97.1 Å². The summed E-state index contributed by atoms with van der Waals surface area (Å²) in [6, 6.07) is 4.36. The first-order valence-corrected chi connectivity index (χ1v) is 4.92. The molecule has 1 aromatic rings.